The molecule has 1 aliphatic heterocycles. The summed E-state index contributed by atoms with van der Waals surface area (Å²) in [6.45, 7) is 4.23. The van der Waals surface area contributed by atoms with Gasteiger partial charge in [0.05, 0.1) is 5.02 Å². The van der Waals surface area contributed by atoms with Crippen LogP contribution in [-0.2, 0) is 0 Å². The highest BCUT2D eigenvalue weighted by Gasteiger charge is 2.17. The summed E-state index contributed by atoms with van der Waals surface area (Å²) in [6.07, 6.45) is 3.94. The Kier molecular flexibility index (Phi) is 5.00. The number of amides is 1. The molecule has 0 atom stereocenters. The summed E-state index contributed by atoms with van der Waals surface area (Å²) in [6, 6.07) is 7.77. The monoisotopic (exact) mass is 347 g/mol. The standard InChI is InChI=1S/C18H19ClFN3O/c1-12-5-8-23(9-6-12)14-4-7-21-17(11-14)18(24)22-13-2-3-16(20)15(19)10-13/h2-4,7,10-12H,5-6,8-9H2,1H3,(H,22,24). The summed E-state index contributed by atoms with van der Waals surface area (Å²) in [5, 5.41) is 2.66. The molecule has 1 saturated heterocycles. The van der Waals surface area contributed by atoms with Gasteiger partial charge in [-0.3, -0.25) is 9.78 Å². The van der Waals surface area contributed by atoms with Crippen molar-refractivity contribution in [2.24, 2.45) is 5.92 Å². The van der Waals surface area contributed by atoms with Crippen molar-refractivity contribution in [3.8, 4) is 0 Å². The first-order chi connectivity index (χ1) is 11.5. The largest absolute Gasteiger partial charge is 0.371 e. The Balaban J connectivity index is 1.73. The van der Waals surface area contributed by atoms with E-state index in [0.29, 0.717) is 11.4 Å². The smallest absolute Gasteiger partial charge is 0.274 e. The van der Waals surface area contributed by atoms with Gasteiger partial charge < -0.3 is 10.2 Å². The van der Waals surface area contributed by atoms with E-state index in [4.69, 9.17) is 11.6 Å². The number of pyridine rings is 1. The number of hydrogen-bond donors (Lipinski definition) is 1. The Morgan fingerprint density at radius 2 is 2.04 bits per heavy atom. The molecule has 0 unspecified atom stereocenters. The van der Waals surface area contributed by atoms with Crippen LogP contribution in [0.3, 0.4) is 0 Å². The number of anilines is 2. The molecule has 1 amide bonds. The molecule has 0 bridgehead atoms. The minimum atomic E-state index is -0.519. The predicted octanol–water partition coefficient (Wildman–Crippen LogP) is 4.36. The minimum Gasteiger partial charge on any atom is -0.371 e. The van der Waals surface area contributed by atoms with E-state index in [1.54, 1.807) is 12.3 Å². The van der Waals surface area contributed by atoms with Crippen LogP contribution in [0.2, 0.25) is 5.02 Å². The van der Waals surface area contributed by atoms with Gasteiger partial charge in [-0.1, -0.05) is 18.5 Å². The molecule has 2 heterocycles. The molecule has 1 fully saturated rings. The van der Waals surface area contributed by atoms with Gasteiger partial charge in [-0.25, -0.2) is 4.39 Å². The van der Waals surface area contributed by atoms with Crippen molar-refractivity contribution in [3.05, 3.63) is 53.1 Å². The Hall–Kier alpha value is -2.14. The van der Waals surface area contributed by atoms with Crippen molar-refractivity contribution in [1.29, 1.82) is 0 Å². The van der Waals surface area contributed by atoms with E-state index >= 15 is 0 Å². The average molecular weight is 348 g/mol. The second-order valence-corrected chi connectivity index (χ2v) is 6.56. The van der Waals surface area contributed by atoms with Crippen molar-refractivity contribution in [2.75, 3.05) is 23.3 Å². The van der Waals surface area contributed by atoms with Crippen LogP contribution in [0.1, 0.15) is 30.3 Å². The van der Waals surface area contributed by atoms with E-state index in [2.05, 4.69) is 22.1 Å². The number of benzene rings is 1. The van der Waals surface area contributed by atoms with Gasteiger partial charge in [0.1, 0.15) is 11.5 Å². The Morgan fingerprint density at radius 1 is 1.29 bits per heavy atom. The Labute approximate surface area is 145 Å². The number of aromatic nitrogens is 1. The van der Waals surface area contributed by atoms with Crippen molar-refractivity contribution in [3.63, 3.8) is 0 Å². The minimum absolute atomic E-state index is 0.0306. The molecule has 1 aliphatic rings. The second-order valence-electron chi connectivity index (χ2n) is 6.15. The molecule has 24 heavy (non-hydrogen) atoms. The maximum atomic E-state index is 13.2. The molecule has 4 nitrogen and oxygen atoms in total. The average Bonchev–Trinajstić information content (AvgIpc) is 2.59. The fourth-order valence-electron chi connectivity index (χ4n) is 2.78. The Morgan fingerprint density at radius 3 is 2.75 bits per heavy atom. The zero-order chi connectivity index (χ0) is 17.1. The first-order valence-electron chi connectivity index (χ1n) is 8.00. The van der Waals surface area contributed by atoms with Gasteiger partial charge in [0.2, 0.25) is 0 Å². The van der Waals surface area contributed by atoms with Crippen molar-refractivity contribution >= 4 is 28.9 Å². The van der Waals surface area contributed by atoms with Crippen molar-refractivity contribution in [1.82, 2.24) is 4.98 Å². The molecule has 1 aromatic carbocycles. The number of nitrogens with zero attached hydrogens (tertiary/aromatic N) is 2. The summed E-state index contributed by atoms with van der Waals surface area (Å²) in [7, 11) is 0. The van der Waals surface area contributed by atoms with Crippen LogP contribution in [0, 0.1) is 11.7 Å². The van der Waals surface area contributed by atoms with Crippen LogP contribution in [0.4, 0.5) is 15.8 Å². The summed E-state index contributed by atoms with van der Waals surface area (Å²) in [5.41, 5.74) is 1.76. The molecule has 0 spiro atoms. The molecule has 3 rings (SSSR count). The fraction of sp³-hybridized carbons (Fsp3) is 0.333. The first kappa shape index (κ1) is 16.7. The van der Waals surface area contributed by atoms with Crippen LogP contribution in [0.15, 0.2) is 36.5 Å². The molecule has 0 radical (unpaired) electrons. The highest BCUT2D eigenvalue weighted by molar-refractivity contribution is 6.31. The number of rotatable bonds is 3. The third-order valence-electron chi connectivity index (χ3n) is 4.30. The molecule has 1 N–H and O–H groups in total. The van der Waals surface area contributed by atoms with E-state index in [-0.39, 0.29) is 10.9 Å². The van der Waals surface area contributed by atoms with Gasteiger partial charge >= 0.3 is 0 Å². The highest BCUT2D eigenvalue weighted by Crippen LogP contribution is 2.24. The van der Waals surface area contributed by atoms with Crippen LogP contribution in [-0.4, -0.2) is 24.0 Å². The molecule has 126 valence electrons. The molecular formula is C18H19ClFN3O. The third-order valence-corrected chi connectivity index (χ3v) is 4.59. The Bertz CT molecular complexity index is 745. The molecule has 0 saturated carbocycles. The zero-order valence-corrected chi connectivity index (χ0v) is 14.2. The van der Waals surface area contributed by atoms with Gasteiger partial charge in [-0.15, -0.1) is 0 Å². The highest BCUT2D eigenvalue weighted by atomic mass is 35.5. The fourth-order valence-corrected chi connectivity index (χ4v) is 2.96. The maximum absolute atomic E-state index is 13.2. The predicted molar refractivity (Wildman–Crippen MR) is 94.2 cm³/mol. The molecule has 0 aliphatic carbocycles. The normalized spacial score (nSPS) is 15.4. The first-order valence-corrected chi connectivity index (χ1v) is 8.38. The van der Waals surface area contributed by atoms with Gasteiger partial charge in [-0.05, 0) is 49.1 Å². The van der Waals surface area contributed by atoms with Crippen LogP contribution in [0.25, 0.3) is 0 Å². The lowest BCUT2D eigenvalue weighted by molar-refractivity contribution is 0.102. The van der Waals surface area contributed by atoms with E-state index in [9.17, 15) is 9.18 Å². The van der Waals surface area contributed by atoms with E-state index in [1.165, 1.54) is 18.2 Å². The number of carbonyl (C=O) groups excluding carboxylic acids is 1. The summed E-state index contributed by atoms with van der Waals surface area (Å²) in [5.74, 6) is -0.118. The maximum Gasteiger partial charge on any atom is 0.274 e. The number of piperidine rings is 1. The lowest BCUT2D eigenvalue weighted by atomic mass is 9.99. The number of hydrogen-bond acceptors (Lipinski definition) is 3. The number of nitrogens with one attached hydrogen (secondary N) is 1. The molecule has 1 aromatic heterocycles. The van der Waals surface area contributed by atoms with Crippen molar-refractivity contribution in [2.45, 2.75) is 19.8 Å². The van der Waals surface area contributed by atoms with E-state index in [1.807, 2.05) is 6.07 Å². The SMILES string of the molecule is CC1CCN(c2ccnc(C(=O)Nc3ccc(F)c(Cl)c3)c2)CC1. The molecule has 2 aromatic rings. The van der Waals surface area contributed by atoms with Gasteiger partial charge in [-0.2, -0.15) is 0 Å². The van der Waals surface area contributed by atoms with Crippen LogP contribution < -0.4 is 10.2 Å². The van der Waals surface area contributed by atoms with Gasteiger partial charge in [0.25, 0.3) is 5.91 Å². The quantitative estimate of drug-likeness (QED) is 0.897. The molecular weight excluding hydrogens is 329 g/mol. The molecule has 6 heteroatoms. The summed E-state index contributed by atoms with van der Waals surface area (Å²) >= 11 is 5.73. The number of halogens is 2. The van der Waals surface area contributed by atoms with Gasteiger partial charge in [0.15, 0.2) is 0 Å². The van der Waals surface area contributed by atoms with Crippen LogP contribution in [0.5, 0.6) is 0 Å². The lowest BCUT2D eigenvalue weighted by Gasteiger charge is -2.32. The lowest BCUT2D eigenvalue weighted by Crippen LogP contribution is -2.33. The van der Waals surface area contributed by atoms with Crippen LogP contribution >= 0.6 is 11.6 Å². The summed E-state index contributed by atoms with van der Waals surface area (Å²) in [4.78, 5) is 18.8. The zero-order valence-electron chi connectivity index (χ0n) is 13.4. The summed E-state index contributed by atoms with van der Waals surface area (Å²) < 4.78 is 13.2. The van der Waals surface area contributed by atoms with Gasteiger partial charge in [0, 0.05) is 30.7 Å². The number of carbonyl (C=O) groups is 1. The van der Waals surface area contributed by atoms with E-state index < -0.39 is 5.82 Å². The van der Waals surface area contributed by atoms with Crippen molar-refractivity contribution < 1.29 is 9.18 Å². The van der Waals surface area contributed by atoms with E-state index in [0.717, 1.165) is 37.5 Å². The third kappa shape index (κ3) is 3.85. The topological polar surface area (TPSA) is 45.2 Å². The second kappa shape index (κ2) is 7.18.